The van der Waals surface area contributed by atoms with Gasteiger partial charge in [-0.1, -0.05) is 25.7 Å². The summed E-state index contributed by atoms with van der Waals surface area (Å²) in [5, 5.41) is 9.81. The fraction of sp³-hybridized carbons (Fsp3) is 0.609. The van der Waals surface area contributed by atoms with E-state index in [1.54, 1.807) is 44.0 Å². The SMILES string of the molecule is Cc1cnn(C)c1-c1cnc(NC(=O)[C@@H](NC(=O)OC(C)(C)C)C2CCCCCC2)nc1. The van der Waals surface area contributed by atoms with Crippen molar-refractivity contribution in [1.82, 2.24) is 25.1 Å². The molecule has 1 aliphatic rings. The van der Waals surface area contributed by atoms with E-state index in [9.17, 15) is 9.59 Å². The van der Waals surface area contributed by atoms with E-state index in [4.69, 9.17) is 4.74 Å². The van der Waals surface area contributed by atoms with Gasteiger partial charge in [-0.25, -0.2) is 14.8 Å². The van der Waals surface area contributed by atoms with Gasteiger partial charge < -0.3 is 10.1 Å². The molecule has 0 aliphatic heterocycles. The zero-order valence-electron chi connectivity index (χ0n) is 19.6. The highest BCUT2D eigenvalue weighted by atomic mass is 16.6. The molecule has 32 heavy (non-hydrogen) atoms. The maximum absolute atomic E-state index is 13.2. The van der Waals surface area contributed by atoms with Crippen LogP contribution in [0.1, 0.15) is 64.9 Å². The lowest BCUT2D eigenvalue weighted by molar-refractivity contribution is -0.119. The molecule has 9 nitrogen and oxygen atoms in total. The van der Waals surface area contributed by atoms with Gasteiger partial charge in [-0.15, -0.1) is 0 Å². The molecular formula is C23H34N6O3. The van der Waals surface area contributed by atoms with Crippen molar-refractivity contribution in [2.24, 2.45) is 13.0 Å². The number of ether oxygens (including phenoxy) is 1. The quantitative estimate of drug-likeness (QED) is 0.678. The van der Waals surface area contributed by atoms with Gasteiger partial charge in [0, 0.05) is 25.0 Å². The lowest BCUT2D eigenvalue weighted by Gasteiger charge is -2.28. The van der Waals surface area contributed by atoms with Crippen LogP contribution in [0.5, 0.6) is 0 Å². The minimum Gasteiger partial charge on any atom is -0.444 e. The van der Waals surface area contributed by atoms with Gasteiger partial charge in [0.05, 0.1) is 11.9 Å². The Bertz CT molecular complexity index is 905. The van der Waals surface area contributed by atoms with Crippen LogP contribution in [-0.4, -0.2) is 43.4 Å². The van der Waals surface area contributed by atoms with Crippen molar-refractivity contribution in [2.45, 2.75) is 77.9 Å². The fourth-order valence-corrected chi connectivity index (χ4v) is 4.14. The molecule has 0 aromatic carbocycles. The monoisotopic (exact) mass is 442 g/mol. The molecule has 0 saturated heterocycles. The second-order valence-electron chi connectivity index (χ2n) is 9.46. The van der Waals surface area contributed by atoms with E-state index in [0.29, 0.717) is 0 Å². The molecule has 0 bridgehead atoms. The number of aromatic nitrogens is 4. The Balaban J connectivity index is 1.74. The average Bonchev–Trinajstić information content (AvgIpc) is 2.91. The molecule has 1 aliphatic carbocycles. The van der Waals surface area contributed by atoms with Crippen LogP contribution in [0, 0.1) is 12.8 Å². The van der Waals surface area contributed by atoms with Crippen LogP contribution in [0.2, 0.25) is 0 Å². The average molecular weight is 443 g/mol. The molecule has 2 aromatic heterocycles. The number of rotatable bonds is 5. The Morgan fingerprint density at radius 2 is 1.72 bits per heavy atom. The summed E-state index contributed by atoms with van der Waals surface area (Å²) in [6, 6.07) is -0.703. The maximum Gasteiger partial charge on any atom is 0.408 e. The van der Waals surface area contributed by atoms with Gasteiger partial charge in [0.25, 0.3) is 0 Å². The molecule has 2 amide bonds. The number of aryl methyl sites for hydroxylation is 2. The molecule has 174 valence electrons. The summed E-state index contributed by atoms with van der Waals surface area (Å²) in [6.07, 6.45) is 10.7. The minimum absolute atomic E-state index is 0.0429. The van der Waals surface area contributed by atoms with Crippen LogP contribution in [0.3, 0.4) is 0 Å². The van der Waals surface area contributed by atoms with Crippen molar-refractivity contribution in [1.29, 1.82) is 0 Å². The molecule has 9 heteroatoms. The van der Waals surface area contributed by atoms with Crippen LogP contribution >= 0.6 is 0 Å². The van der Waals surface area contributed by atoms with E-state index in [0.717, 1.165) is 55.3 Å². The standard InChI is InChI=1S/C23H34N6O3/c1-15-12-26-29(5)19(15)17-13-24-21(25-14-17)28-20(30)18(16-10-8-6-7-9-11-16)27-22(31)32-23(2,3)4/h12-14,16,18H,6-11H2,1-5H3,(H,27,31)(H,24,25,28,30)/t18-/m0/s1. The molecule has 1 fully saturated rings. The molecule has 0 unspecified atom stereocenters. The predicted molar refractivity (Wildman–Crippen MR) is 122 cm³/mol. The molecule has 0 spiro atoms. The van der Waals surface area contributed by atoms with E-state index >= 15 is 0 Å². The van der Waals surface area contributed by atoms with Gasteiger partial charge in [-0.3, -0.25) is 14.8 Å². The molecule has 2 aromatic rings. The zero-order chi connectivity index (χ0) is 23.3. The zero-order valence-corrected chi connectivity index (χ0v) is 19.6. The number of amides is 2. The predicted octanol–water partition coefficient (Wildman–Crippen LogP) is 3.99. The summed E-state index contributed by atoms with van der Waals surface area (Å²) in [5.41, 5.74) is 2.11. The number of hydrogen-bond donors (Lipinski definition) is 2. The number of nitrogens with zero attached hydrogens (tertiary/aromatic N) is 4. The topological polar surface area (TPSA) is 111 Å². The van der Waals surface area contributed by atoms with Crippen molar-refractivity contribution in [2.75, 3.05) is 5.32 Å². The van der Waals surface area contributed by atoms with Gasteiger partial charge in [0.2, 0.25) is 11.9 Å². The minimum atomic E-state index is -0.703. The molecule has 2 N–H and O–H groups in total. The second-order valence-corrected chi connectivity index (χ2v) is 9.46. The van der Waals surface area contributed by atoms with Gasteiger partial charge in [0.15, 0.2) is 0 Å². The number of carbonyl (C=O) groups is 2. The Hall–Kier alpha value is -2.97. The highest BCUT2D eigenvalue weighted by Crippen LogP contribution is 2.27. The summed E-state index contributed by atoms with van der Waals surface area (Å²) in [7, 11) is 1.86. The largest absolute Gasteiger partial charge is 0.444 e. The third-order valence-corrected chi connectivity index (χ3v) is 5.61. The number of nitrogens with one attached hydrogen (secondary N) is 2. The fourth-order valence-electron chi connectivity index (χ4n) is 4.14. The first kappa shape index (κ1) is 23.7. The van der Waals surface area contributed by atoms with Crippen LogP contribution in [0.15, 0.2) is 18.6 Å². The molecule has 2 heterocycles. The Morgan fingerprint density at radius 1 is 1.09 bits per heavy atom. The van der Waals surface area contributed by atoms with Crippen molar-refractivity contribution in [3.8, 4) is 11.3 Å². The van der Waals surface area contributed by atoms with Crippen molar-refractivity contribution < 1.29 is 14.3 Å². The number of alkyl carbamates (subject to hydrolysis) is 1. The summed E-state index contributed by atoms with van der Waals surface area (Å²) < 4.78 is 7.16. The van der Waals surface area contributed by atoms with E-state index in [1.165, 1.54) is 0 Å². The lowest BCUT2D eigenvalue weighted by atomic mass is 9.91. The third-order valence-electron chi connectivity index (χ3n) is 5.61. The van der Waals surface area contributed by atoms with Gasteiger partial charge in [0.1, 0.15) is 11.6 Å². The highest BCUT2D eigenvalue weighted by molar-refractivity contribution is 5.95. The van der Waals surface area contributed by atoms with E-state index < -0.39 is 17.7 Å². The molecule has 0 radical (unpaired) electrons. The van der Waals surface area contributed by atoms with Crippen LogP contribution in [0.4, 0.5) is 10.7 Å². The normalized spacial score (nSPS) is 16.2. The maximum atomic E-state index is 13.2. The van der Waals surface area contributed by atoms with Gasteiger partial charge >= 0.3 is 6.09 Å². The molecule has 1 atom stereocenters. The van der Waals surface area contributed by atoms with E-state index in [1.807, 2.05) is 14.0 Å². The Morgan fingerprint density at radius 3 is 2.25 bits per heavy atom. The Labute approximate surface area is 189 Å². The van der Waals surface area contributed by atoms with E-state index in [2.05, 4.69) is 25.7 Å². The number of anilines is 1. The third kappa shape index (κ3) is 6.27. The van der Waals surface area contributed by atoms with Crippen LogP contribution in [-0.2, 0) is 16.6 Å². The van der Waals surface area contributed by atoms with E-state index in [-0.39, 0.29) is 17.8 Å². The second kappa shape index (κ2) is 10.1. The highest BCUT2D eigenvalue weighted by Gasteiger charge is 2.32. The van der Waals surface area contributed by atoms with Crippen LogP contribution < -0.4 is 10.6 Å². The van der Waals surface area contributed by atoms with Gasteiger partial charge in [-0.05, 0) is 52.0 Å². The van der Waals surface area contributed by atoms with Crippen molar-refractivity contribution in [3.05, 3.63) is 24.2 Å². The first-order chi connectivity index (χ1) is 15.1. The van der Waals surface area contributed by atoms with Crippen molar-refractivity contribution in [3.63, 3.8) is 0 Å². The van der Waals surface area contributed by atoms with Crippen molar-refractivity contribution >= 4 is 17.9 Å². The molecular weight excluding hydrogens is 408 g/mol. The summed E-state index contributed by atoms with van der Waals surface area (Å²) in [5.74, 6) is -0.0863. The van der Waals surface area contributed by atoms with Gasteiger partial charge in [-0.2, -0.15) is 5.10 Å². The Kier molecular flexibility index (Phi) is 7.48. The number of carbonyl (C=O) groups excluding carboxylic acids is 2. The van der Waals surface area contributed by atoms with Crippen LogP contribution in [0.25, 0.3) is 11.3 Å². The molecule has 3 rings (SSSR count). The smallest absolute Gasteiger partial charge is 0.408 e. The first-order valence-corrected chi connectivity index (χ1v) is 11.3. The first-order valence-electron chi connectivity index (χ1n) is 11.3. The summed E-state index contributed by atoms with van der Waals surface area (Å²) in [6.45, 7) is 7.36. The molecule has 1 saturated carbocycles. The summed E-state index contributed by atoms with van der Waals surface area (Å²) >= 11 is 0. The number of hydrogen-bond acceptors (Lipinski definition) is 6. The lowest BCUT2D eigenvalue weighted by Crippen LogP contribution is -2.50. The summed E-state index contributed by atoms with van der Waals surface area (Å²) in [4.78, 5) is 34.2.